The van der Waals surface area contributed by atoms with E-state index in [4.69, 9.17) is 5.73 Å². The first-order valence-corrected chi connectivity index (χ1v) is 1.24. The molecule has 0 aromatic heterocycles. The maximum absolute atomic E-state index is 4.85. The van der Waals surface area contributed by atoms with E-state index >= 15 is 0 Å². The smallest absolute Gasteiger partial charge is 0.0106 e. The molecule has 0 aromatic rings. The van der Waals surface area contributed by atoms with Crippen LogP contribution in [0.1, 0.15) is 6.92 Å². The maximum Gasteiger partial charge on any atom is -0.0106 e. The first-order valence-electron chi connectivity index (χ1n) is 1.24. The second-order valence-electron chi connectivity index (χ2n) is 0.526. The lowest BCUT2D eigenvalue weighted by Gasteiger charge is -1.53. The summed E-state index contributed by atoms with van der Waals surface area (Å²) in [6, 6.07) is 0. The average Bonchev–Trinajstić information content (AvgIpc) is 1.37. The largest absolute Gasteiger partial charge is 0.405 e. The van der Waals surface area contributed by atoms with E-state index in [1.165, 1.54) is 6.20 Å². The molecule has 2 heteroatoms. The average molecular weight is 93.6 g/mol. The Labute approximate surface area is 38.3 Å². The van der Waals surface area contributed by atoms with E-state index in [1.54, 1.807) is 6.08 Å². The summed E-state index contributed by atoms with van der Waals surface area (Å²) in [5, 5.41) is 0. The Morgan fingerprint density at radius 1 is 1.60 bits per heavy atom. The van der Waals surface area contributed by atoms with E-state index in [-0.39, 0.29) is 12.4 Å². The van der Waals surface area contributed by atoms with Crippen LogP contribution in [0.15, 0.2) is 12.3 Å². The summed E-state index contributed by atoms with van der Waals surface area (Å²) in [5.41, 5.74) is 4.85. The molecule has 0 heterocycles. The zero-order valence-electron chi connectivity index (χ0n) is 3.14. The van der Waals surface area contributed by atoms with Gasteiger partial charge in [0.15, 0.2) is 0 Å². The summed E-state index contributed by atoms with van der Waals surface area (Å²) in [4.78, 5) is 0. The molecule has 0 bridgehead atoms. The maximum atomic E-state index is 4.85. The SMILES string of the molecule is CC=CN.Cl. The second kappa shape index (κ2) is 9.16. The fraction of sp³-hybridized carbons (Fsp3) is 0.333. The van der Waals surface area contributed by atoms with Crippen LogP contribution in [-0.2, 0) is 0 Å². The lowest BCUT2D eigenvalue weighted by atomic mass is 10.7. The van der Waals surface area contributed by atoms with E-state index in [2.05, 4.69) is 0 Å². The van der Waals surface area contributed by atoms with Gasteiger partial charge in [0, 0.05) is 0 Å². The third-order valence-electron chi connectivity index (χ3n) is 0.192. The Bertz CT molecular complexity index is 22.1. The Hall–Kier alpha value is -0.170. The summed E-state index contributed by atoms with van der Waals surface area (Å²) in [6.45, 7) is 1.88. The Morgan fingerprint density at radius 2 is 1.80 bits per heavy atom. The van der Waals surface area contributed by atoms with Crippen molar-refractivity contribution in [1.29, 1.82) is 0 Å². The summed E-state index contributed by atoms with van der Waals surface area (Å²) in [6.07, 6.45) is 3.28. The van der Waals surface area contributed by atoms with Crippen molar-refractivity contribution in [2.75, 3.05) is 0 Å². The number of rotatable bonds is 0. The summed E-state index contributed by atoms with van der Waals surface area (Å²) in [5.74, 6) is 0. The van der Waals surface area contributed by atoms with Crippen molar-refractivity contribution in [1.82, 2.24) is 0 Å². The van der Waals surface area contributed by atoms with Crippen molar-refractivity contribution in [3.63, 3.8) is 0 Å². The van der Waals surface area contributed by atoms with E-state index in [9.17, 15) is 0 Å². The van der Waals surface area contributed by atoms with Crippen LogP contribution in [0.25, 0.3) is 0 Å². The third-order valence-corrected chi connectivity index (χ3v) is 0.192. The molecule has 0 saturated heterocycles. The second-order valence-corrected chi connectivity index (χ2v) is 0.526. The minimum absolute atomic E-state index is 0. The minimum Gasteiger partial charge on any atom is -0.405 e. The highest BCUT2D eigenvalue weighted by molar-refractivity contribution is 5.85. The molecule has 0 aliphatic heterocycles. The first-order chi connectivity index (χ1) is 1.91. The molecule has 5 heavy (non-hydrogen) atoms. The van der Waals surface area contributed by atoms with Gasteiger partial charge >= 0.3 is 0 Å². The van der Waals surface area contributed by atoms with Crippen LogP contribution >= 0.6 is 12.4 Å². The molecule has 0 saturated carbocycles. The van der Waals surface area contributed by atoms with Gasteiger partial charge in [0.1, 0.15) is 0 Å². The summed E-state index contributed by atoms with van der Waals surface area (Å²) < 4.78 is 0. The molecule has 0 atom stereocenters. The molecule has 0 rings (SSSR count). The molecule has 0 aromatic carbocycles. The molecule has 0 amide bonds. The lowest BCUT2D eigenvalue weighted by Crippen LogP contribution is -1.70. The standard InChI is InChI=1S/C3H7N.ClH/c1-2-3-4;/h2-3H,4H2,1H3;1H. The van der Waals surface area contributed by atoms with Crippen molar-refractivity contribution in [2.24, 2.45) is 5.73 Å². The molecule has 32 valence electrons. The van der Waals surface area contributed by atoms with E-state index < -0.39 is 0 Å². The Balaban J connectivity index is 0. The van der Waals surface area contributed by atoms with E-state index in [1.807, 2.05) is 6.92 Å². The van der Waals surface area contributed by atoms with Crippen molar-refractivity contribution < 1.29 is 0 Å². The molecule has 0 radical (unpaired) electrons. The number of hydrogen-bond acceptors (Lipinski definition) is 1. The molecule has 0 fully saturated rings. The molecular formula is C3H8ClN. The van der Waals surface area contributed by atoms with Gasteiger partial charge in [0.05, 0.1) is 0 Å². The van der Waals surface area contributed by atoms with Crippen molar-refractivity contribution in [2.45, 2.75) is 6.92 Å². The quantitative estimate of drug-likeness (QED) is 0.473. The van der Waals surface area contributed by atoms with Crippen LogP contribution in [0.4, 0.5) is 0 Å². The molecule has 0 aliphatic rings. The molecular weight excluding hydrogens is 85.5 g/mol. The van der Waals surface area contributed by atoms with Gasteiger partial charge in [-0.1, -0.05) is 6.08 Å². The third kappa shape index (κ3) is 18.6. The zero-order chi connectivity index (χ0) is 3.41. The van der Waals surface area contributed by atoms with Crippen molar-refractivity contribution in [3.05, 3.63) is 12.3 Å². The number of nitrogens with two attached hydrogens (primary N) is 1. The van der Waals surface area contributed by atoms with Crippen LogP contribution in [0, 0.1) is 0 Å². The summed E-state index contributed by atoms with van der Waals surface area (Å²) >= 11 is 0. The van der Waals surface area contributed by atoms with Crippen LogP contribution in [0.3, 0.4) is 0 Å². The number of halogens is 1. The summed E-state index contributed by atoms with van der Waals surface area (Å²) in [7, 11) is 0. The van der Waals surface area contributed by atoms with Gasteiger partial charge in [-0.15, -0.1) is 12.4 Å². The molecule has 1 nitrogen and oxygen atoms in total. The first kappa shape index (κ1) is 8.85. The topological polar surface area (TPSA) is 26.0 Å². The van der Waals surface area contributed by atoms with E-state index in [0.29, 0.717) is 0 Å². The number of hydrogen-bond donors (Lipinski definition) is 1. The van der Waals surface area contributed by atoms with Gasteiger partial charge in [-0.2, -0.15) is 0 Å². The van der Waals surface area contributed by atoms with Crippen LogP contribution < -0.4 is 5.73 Å². The molecule has 2 N–H and O–H groups in total. The Morgan fingerprint density at radius 3 is 1.80 bits per heavy atom. The van der Waals surface area contributed by atoms with Gasteiger partial charge in [-0.05, 0) is 13.1 Å². The van der Waals surface area contributed by atoms with Crippen LogP contribution in [0.5, 0.6) is 0 Å². The minimum atomic E-state index is 0. The van der Waals surface area contributed by atoms with Gasteiger partial charge in [0.2, 0.25) is 0 Å². The predicted molar refractivity (Wildman–Crippen MR) is 26.2 cm³/mol. The molecule has 0 unspecified atom stereocenters. The van der Waals surface area contributed by atoms with Crippen LogP contribution in [0.2, 0.25) is 0 Å². The van der Waals surface area contributed by atoms with Crippen molar-refractivity contribution >= 4 is 12.4 Å². The zero-order valence-corrected chi connectivity index (χ0v) is 3.96. The van der Waals surface area contributed by atoms with Gasteiger partial charge < -0.3 is 5.73 Å². The highest BCUT2D eigenvalue weighted by Gasteiger charge is 1.32. The lowest BCUT2D eigenvalue weighted by molar-refractivity contribution is 1.55. The molecule has 0 aliphatic carbocycles. The Kier molecular flexibility index (Phi) is 16.2. The predicted octanol–water partition coefficient (Wildman–Crippen LogP) is 0.901. The fourth-order valence-electron chi connectivity index (χ4n) is 0. The number of allylic oxidation sites excluding steroid dienone is 1. The van der Waals surface area contributed by atoms with E-state index in [0.717, 1.165) is 0 Å². The van der Waals surface area contributed by atoms with Gasteiger partial charge in [0.25, 0.3) is 0 Å². The normalized spacial score (nSPS) is 7.40. The van der Waals surface area contributed by atoms with Crippen LogP contribution in [-0.4, -0.2) is 0 Å². The van der Waals surface area contributed by atoms with Gasteiger partial charge in [-0.25, -0.2) is 0 Å². The highest BCUT2D eigenvalue weighted by atomic mass is 35.5. The van der Waals surface area contributed by atoms with Gasteiger partial charge in [-0.3, -0.25) is 0 Å². The highest BCUT2D eigenvalue weighted by Crippen LogP contribution is 1.47. The fourth-order valence-corrected chi connectivity index (χ4v) is 0. The molecule has 0 spiro atoms. The monoisotopic (exact) mass is 93.0 g/mol. The van der Waals surface area contributed by atoms with Crippen molar-refractivity contribution in [3.8, 4) is 0 Å².